The molecule has 1 amide bonds. The molecule has 2 aliphatic rings. The van der Waals surface area contributed by atoms with Gasteiger partial charge in [-0.2, -0.15) is 0 Å². The Bertz CT molecular complexity index is 302. The molecule has 4 heteroatoms. The fourth-order valence-electron chi connectivity index (χ4n) is 3.59. The Labute approximate surface area is 123 Å². The van der Waals surface area contributed by atoms with Gasteiger partial charge in [0.1, 0.15) is 0 Å². The van der Waals surface area contributed by atoms with Crippen LogP contribution in [0.3, 0.4) is 0 Å². The first-order valence-corrected chi connectivity index (χ1v) is 8.40. The smallest absolute Gasteiger partial charge is 0.224 e. The highest BCUT2D eigenvalue weighted by molar-refractivity contribution is 5.79. The van der Waals surface area contributed by atoms with Crippen molar-refractivity contribution in [3.63, 3.8) is 0 Å². The van der Waals surface area contributed by atoms with Crippen molar-refractivity contribution in [2.75, 3.05) is 26.7 Å². The summed E-state index contributed by atoms with van der Waals surface area (Å²) in [7, 11) is 2.24. The Kier molecular flexibility index (Phi) is 6.30. The standard InChI is InChI=1S/C16H31N3O/c1-13-15(9-11-17-13)16(20)18-10-6-12-19(2)14-7-4-3-5-8-14/h13-15,17H,3-12H2,1-2H3,(H,18,20). The Hall–Kier alpha value is -0.610. The Morgan fingerprint density at radius 1 is 1.25 bits per heavy atom. The number of nitrogens with zero attached hydrogens (tertiary/aromatic N) is 1. The van der Waals surface area contributed by atoms with Gasteiger partial charge in [-0.25, -0.2) is 0 Å². The second-order valence-electron chi connectivity index (χ2n) is 6.55. The second kappa shape index (κ2) is 7.99. The summed E-state index contributed by atoms with van der Waals surface area (Å²) in [6.07, 6.45) is 8.94. The van der Waals surface area contributed by atoms with Crippen LogP contribution < -0.4 is 10.6 Å². The molecule has 0 spiro atoms. The number of hydrogen-bond acceptors (Lipinski definition) is 3. The lowest BCUT2D eigenvalue weighted by Gasteiger charge is -2.31. The average molecular weight is 281 g/mol. The molecule has 0 radical (unpaired) electrons. The number of carbonyl (C=O) groups excluding carboxylic acids is 1. The predicted molar refractivity (Wildman–Crippen MR) is 82.7 cm³/mol. The van der Waals surface area contributed by atoms with Crippen molar-refractivity contribution in [2.24, 2.45) is 5.92 Å². The van der Waals surface area contributed by atoms with Crippen molar-refractivity contribution in [1.29, 1.82) is 0 Å². The molecule has 1 saturated heterocycles. The summed E-state index contributed by atoms with van der Waals surface area (Å²) in [5.74, 6) is 0.411. The van der Waals surface area contributed by atoms with Gasteiger partial charge in [0.25, 0.3) is 0 Å². The third-order valence-electron chi connectivity index (χ3n) is 5.05. The van der Waals surface area contributed by atoms with Gasteiger partial charge in [-0.15, -0.1) is 0 Å². The fourth-order valence-corrected chi connectivity index (χ4v) is 3.59. The molecule has 2 fully saturated rings. The van der Waals surface area contributed by atoms with E-state index in [1.807, 2.05) is 0 Å². The first-order chi connectivity index (χ1) is 9.68. The monoisotopic (exact) mass is 281 g/mol. The lowest BCUT2D eigenvalue weighted by molar-refractivity contribution is -0.125. The van der Waals surface area contributed by atoms with E-state index in [1.54, 1.807) is 0 Å². The number of nitrogens with one attached hydrogen (secondary N) is 2. The molecule has 4 nitrogen and oxygen atoms in total. The average Bonchev–Trinajstić information content (AvgIpc) is 2.90. The summed E-state index contributed by atoms with van der Waals surface area (Å²) in [6, 6.07) is 1.11. The second-order valence-corrected chi connectivity index (χ2v) is 6.55. The van der Waals surface area contributed by atoms with Gasteiger partial charge in [0, 0.05) is 18.6 Å². The number of carbonyl (C=O) groups is 1. The van der Waals surface area contributed by atoms with Gasteiger partial charge in [-0.1, -0.05) is 19.3 Å². The summed E-state index contributed by atoms with van der Waals surface area (Å²) >= 11 is 0. The van der Waals surface area contributed by atoms with E-state index in [2.05, 4.69) is 29.5 Å². The normalized spacial score (nSPS) is 27.9. The first kappa shape index (κ1) is 15.8. The molecule has 1 saturated carbocycles. The highest BCUT2D eigenvalue weighted by Crippen LogP contribution is 2.21. The zero-order valence-corrected chi connectivity index (χ0v) is 13.2. The Morgan fingerprint density at radius 2 is 2.00 bits per heavy atom. The van der Waals surface area contributed by atoms with E-state index in [-0.39, 0.29) is 11.8 Å². The van der Waals surface area contributed by atoms with E-state index in [4.69, 9.17) is 0 Å². The van der Waals surface area contributed by atoms with E-state index in [9.17, 15) is 4.79 Å². The fraction of sp³-hybridized carbons (Fsp3) is 0.938. The molecule has 1 aliphatic heterocycles. The predicted octanol–water partition coefficient (Wildman–Crippen LogP) is 1.76. The van der Waals surface area contributed by atoms with Gasteiger partial charge in [0.2, 0.25) is 5.91 Å². The molecule has 2 atom stereocenters. The molecule has 1 heterocycles. The number of amides is 1. The molecule has 0 aromatic heterocycles. The molecular weight excluding hydrogens is 250 g/mol. The van der Waals surface area contributed by atoms with E-state index < -0.39 is 0 Å². The Morgan fingerprint density at radius 3 is 2.65 bits per heavy atom. The van der Waals surface area contributed by atoms with Crippen molar-refractivity contribution in [1.82, 2.24) is 15.5 Å². The minimum Gasteiger partial charge on any atom is -0.356 e. The number of rotatable bonds is 6. The van der Waals surface area contributed by atoms with Crippen LogP contribution in [0.5, 0.6) is 0 Å². The maximum Gasteiger partial charge on any atom is 0.224 e. The molecule has 116 valence electrons. The van der Waals surface area contributed by atoms with Gasteiger partial charge < -0.3 is 15.5 Å². The molecule has 0 bridgehead atoms. The summed E-state index contributed by atoms with van der Waals surface area (Å²) in [6.45, 7) is 5.00. The highest BCUT2D eigenvalue weighted by atomic mass is 16.1. The van der Waals surface area contributed by atoms with Crippen LogP contribution >= 0.6 is 0 Å². The zero-order chi connectivity index (χ0) is 14.4. The maximum absolute atomic E-state index is 12.0. The van der Waals surface area contributed by atoms with Crippen LogP contribution in [0.4, 0.5) is 0 Å². The Balaban J connectivity index is 1.57. The zero-order valence-electron chi connectivity index (χ0n) is 13.2. The first-order valence-electron chi connectivity index (χ1n) is 8.40. The van der Waals surface area contributed by atoms with Crippen LogP contribution in [0, 0.1) is 5.92 Å². The molecule has 0 aromatic carbocycles. The molecule has 0 aromatic rings. The maximum atomic E-state index is 12.0. The third-order valence-corrected chi connectivity index (χ3v) is 5.05. The summed E-state index contributed by atoms with van der Waals surface area (Å²) in [5, 5.41) is 6.44. The summed E-state index contributed by atoms with van der Waals surface area (Å²) < 4.78 is 0. The van der Waals surface area contributed by atoms with Crippen LogP contribution in [-0.4, -0.2) is 49.6 Å². The lowest BCUT2D eigenvalue weighted by atomic mass is 9.94. The minimum absolute atomic E-state index is 0.172. The van der Waals surface area contributed by atoms with Gasteiger partial charge in [0.15, 0.2) is 0 Å². The lowest BCUT2D eigenvalue weighted by Crippen LogP contribution is -2.39. The summed E-state index contributed by atoms with van der Waals surface area (Å²) in [5.41, 5.74) is 0. The van der Waals surface area contributed by atoms with E-state index in [0.29, 0.717) is 6.04 Å². The van der Waals surface area contributed by atoms with Crippen molar-refractivity contribution >= 4 is 5.91 Å². The van der Waals surface area contributed by atoms with Crippen LogP contribution in [0.1, 0.15) is 51.9 Å². The van der Waals surface area contributed by atoms with Crippen molar-refractivity contribution in [3.05, 3.63) is 0 Å². The SMILES string of the molecule is CC1NCCC1C(=O)NCCCN(C)C1CCCCC1. The molecule has 2 N–H and O–H groups in total. The molecular formula is C16H31N3O. The van der Waals surface area contributed by atoms with Crippen molar-refractivity contribution < 1.29 is 4.79 Å². The van der Waals surface area contributed by atoms with Crippen LogP contribution in [0.2, 0.25) is 0 Å². The van der Waals surface area contributed by atoms with Crippen molar-refractivity contribution in [2.45, 2.75) is 64.0 Å². The molecule has 2 rings (SSSR count). The minimum atomic E-state index is 0.172. The van der Waals surface area contributed by atoms with E-state index in [0.717, 1.165) is 38.5 Å². The molecule has 20 heavy (non-hydrogen) atoms. The molecule has 2 unspecified atom stereocenters. The van der Waals surface area contributed by atoms with Gasteiger partial charge in [-0.05, 0) is 52.7 Å². The summed E-state index contributed by atoms with van der Waals surface area (Å²) in [4.78, 5) is 14.5. The van der Waals surface area contributed by atoms with E-state index in [1.165, 1.54) is 32.1 Å². The number of hydrogen-bond donors (Lipinski definition) is 2. The van der Waals surface area contributed by atoms with Crippen LogP contribution in [0.25, 0.3) is 0 Å². The highest BCUT2D eigenvalue weighted by Gasteiger charge is 2.28. The third kappa shape index (κ3) is 4.45. The van der Waals surface area contributed by atoms with Crippen LogP contribution in [0.15, 0.2) is 0 Å². The van der Waals surface area contributed by atoms with Crippen molar-refractivity contribution in [3.8, 4) is 0 Å². The van der Waals surface area contributed by atoms with E-state index >= 15 is 0 Å². The molecule has 1 aliphatic carbocycles. The van der Waals surface area contributed by atoms with Gasteiger partial charge in [0.05, 0.1) is 5.92 Å². The quantitative estimate of drug-likeness (QED) is 0.729. The largest absolute Gasteiger partial charge is 0.356 e. The topological polar surface area (TPSA) is 44.4 Å². The van der Waals surface area contributed by atoms with Crippen LogP contribution in [-0.2, 0) is 4.79 Å². The van der Waals surface area contributed by atoms with Gasteiger partial charge in [-0.3, -0.25) is 4.79 Å². The van der Waals surface area contributed by atoms with Gasteiger partial charge >= 0.3 is 0 Å².